The molecule has 104 valence electrons. The third-order valence-corrected chi connectivity index (χ3v) is 3.98. The van der Waals surface area contributed by atoms with E-state index in [1.54, 1.807) is 0 Å². The number of benzene rings is 1. The van der Waals surface area contributed by atoms with E-state index < -0.39 is 0 Å². The topological polar surface area (TPSA) is 42.1 Å². The highest BCUT2D eigenvalue weighted by Gasteiger charge is 2.19. The summed E-state index contributed by atoms with van der Waals surface area (Å²) in [4.78, 5) is 6.86. The lowest BCUT2D eigenvalue weighted by Gasteiger charge is -2.25. The summed E-state index contributed by atoms with van der Waals surface area (Å²) in [5, 5.41) is 0. The Kier molecular flexibility index (Phi) is 3.97. The smallest absolute Gasteiger partial charge is 0.0421 e. The number of aromatic nitrogens is 1. The van der Waals surface area contributed by atoms with E-state index >= 15 is 0 Å². The Bertz CT molecular complexity index is 553. The number of fused-ring (bicyclic) bond motifs is 1. The van der Waals surface area contributed by atoms with Gasteiger partial charge in [-0.3, -0.25) is 4.98 Å². The van der Waals surface area contributed by atoms with E-state index in [2.05, 4.69) is 46.3 Å². The van der Waals surface area contributed by atoms with Crippen LogP contribution in [0.15, 0.2) is 48.7 Å². The van der Waals surface area contributed by atoms with E-state index in [1.165, 1.54) is 11.3 Å². The molecule has 2 N–H and O–H groups in total. The maximum Gasteiger partial charge on any atom is 0.0421 e. The number of hydrogen-bond donors (Lipinski definition) is 1. The van der Waals surface area contributed by atoms with Crippen LogP contribution in [0, 0.1) is 0 Å². The third kappa shape index (κ3) is 2.83. The number of nitrogens with zero attached hydrogens (tertiary/aromatic N) is 2. The summed E-state index contributed by atoms with van der Waals surface area (Å²) in [6, 6.07) is 14.8. The second-order valence-corrected chi connectivity index (χ2v) is 5.37. The van der Waals surface area contributed by atoms with Crippen molar-refractivity contribution < 1.29 is 0 Å². The minimum absolute atomic E-state index is 0.172. The maximum absolute atomic E-state index is 6.28. The molecule has 3 rings (SSSR count). The Balaban J connectivity index is 1.77. The van der Waals surface area contributed by atoms with Gasteiger partial charge >= 0.3 is 0 Å². The number of rotatable bonds is 3. The first kappa shape index (κ1) is 13.1. The van der Waals surface area contributed by atoms with Gasteiger partial charge < -0.3 is 10.6 Å². The van der Waals surface area contributed by atoms with Crippen molar-refractivity contribution in [2.45, 2.75) is 25.3 Å². The van der Waals surface area contributed by atoms with Gasteiger partial charge in [-0.25, -0.2) is 0 Å². The highest BCUT2D eigenvalue weighted by Crippen LogP contribution is 2.31. The van der Waals surface area contributed by atoms with Crippen molar-refractivity contribution >= 4 is 5.69 Å². The molecule has 3 nitrogen and oxygen atoms in total. The van der Waals surface area contributed by atoms with Gasteiger partial charge in [0.05, 0.1) is 0 Å². The second-order valence-electron chi connectivity index (χ2n) is 5.37. The van der Waals surface area contributed by atoms with Gasteiger partial charge in [-0.1, -0.05) is 24.3 Å². The maximum atomic E-state index is 6.28. The average Bonchev–Trinajstić information content (AvgIpc) is 2.66. The van der Waals surface area contributed by atoms with Gasteiger partial charge in [0.1, 0.15) is 0 Å². The van der Waals surface area contributed by atoms with Gasteiger partial charge in [-0.2, -0.15) is 0 Å². The molecule has 3 heteroatoms. The minimum Gasteiger partial charge on any atom is -0.371 e. The van der Waals surface area contributed by atoms with Gasteiger partial charge in [0.2, 0.25) is 0 Å². The molecule has 0 saturated carbocycles. The molecule has 2 aromatic rings. The van der Waals surface area contributed by atoms with Crippen LogP contribution in [0.4, 0.5) is 5.69 Å². The van der Waals surface area contributed by atoms with Crippen molar-refractivity contribution in [2.24, 2.45) is 5.73 Å². The Morgan fingerprint density at radius 1 is 1.15 bits per heavy atom. The van der Waals surface area contributed by atoms with Crippen LogP contribution >= 0.6 is 0 Å². The molecule has 0 bridgehead atoms. The molecule has 1 unspecified atom stereocenters. The normalized spacial score (nSPS) is 18.4. The molecule has 0 saturated heterocycles. The monoisotopic (exact) mass is 267 g/mol. The van der Waals surface area contributed by atoms with Crippen molar-refractivity contribution in [1.29, 1.82) is 0 Å². The van der Waals surface area contributed by atoms with Crippen molar-refractivity contribution in [3.8, 4) is 0 Å². The SMILES string of the molecule is NC1CCCN(CCc2ccccn2)c2ccccc21. The third-order valence-electron chi connectivity index (χ3n) is 3.98. The number of pyridine rings is 1. The lowest BCUT2D eigenvalue weighted by atomic mass is 10.0. The summed E-state index contributed by atoms with van der Waals surface area (Å²) in [5.74, 6) is 0. The van der Waals surface area contributed by atoms with Gasteiger partial charge in [0.25, 0.3) is 0 Å². The average molecular weight is 267 g/mol. The quantitative estimate of drug-likeness (QED) is 0.929. The van der Waals surface area contributed by atoms with Gasteiger partial charge in [-0.05, 0) is 36.6 Å². The molecular weight excluding hydrogens is 246 g/mol. The molecule has 0 fully saturated rings. The van der Waals surface area contributed by atoms with Gasteiger partial charge in [0, 0.05) is 43.1 Å². The Hall–Kier alpha value is -1.87. The highest BCUT2D eigenvalue weighted by atomic mass is 15.1. The fraction of sp³-hybridized carbons (Fsp3) is 0.353. The molecule has 1 aliphatic heterocycles. The van der Waals surface area contributed by atoms with Crippen LogP contribution in [0.5, 0.6) is 0 Å². The van der Waals surface area contributed by atoms with E-state index in [0.717, 1.165) is 38.0 Å². The number of nitrogens with two attached hydrogens (primary N) is 1. The van der Waals surface area contributed by atoms with Crippen LogP contribution in [-0.4, -0.2) is 18.1 Å². The Morgan fingerprint density at radius 2 is 2.00 bits per heavy atom. The molecule has 20 heavy (non-hydrogen) atoms. The zero-order chi connectivity index (χ0) is 13.8. The lowest BCUT2D eigenvalue weighted by molar-refractivity contribution is 0.625. The fourth-order valence-corrected chi connectivity index (χ4v) is 2.89. The largest absolute Gasteiger partial charge is 0.371 e. The van der Waals surface area contributed by atoms with Crippen LogP contribution in [-0.2, 0) is 6.42 Å². The zero-order valence-electron chi connectivity index (χ0n) is 11.7. The Morgan fingerprint density at radius 3 is 2.85 bits per heavy atom. The molecule has 0 amide bonds. The van der Waals surface area contributed by atoms with E-state index in [4.69, 9.17) is 5.73 Å². The standard InChI is InChI=1S/C17H21N3/c18-16-8-5-12-20(17-9-2-1-7-15(16)17)13-10-14-6-3-4-11-19-14/h1-4,6-7,9,11,16H,5,8,10,12-13,18H2. The summed E-state index contributed by atoms with van der Waals surface area (Å²) in [7, 11) is 0. The number of para-hydroxylation sites is 1. The van der Waals surface area contributed by atoms with E-state index in [-0.39, 0.29) is 6.04 Å². The predicted octanol–water partition coefficient (Wildman–Crippen LogP) is 2.92. The first-order chi connectivity index (χ1) is 9.84. The molecule has 1 aliphatic rings. The van der Waals surface area contributed by atoms with Crippen LogP contribution in [0.3, 0.4) is 0 Å². The second kappa shape index (κ2) is 6.06. The summed E-state index contributed by atoms with van der Waals surface area (Å²) in [5.41, 5.74) is 10.0. The molecule has 2 heterocycles. The summed E-state index contributed by atoms with van der Waals surface area (Å²) in [6.07, 6.45) is 5.06. The summed E-state index contributed by atoms with van der Waals surface area (Å²) < 4.78 is 0. The van der Waals surface area contributed by atoms with Gasteiger partial charge in [-0.15, -0.1) is 0 Å². The molecule has 0 aliphatic carbocycles. The van der Waals surface area contributed by atoms with Crippen molar-refractivity contribution in [1.82, 2.24) is 4.98 Å². The van der Waals surface area contributed by atoms with Crippen LogP contribution < -0.4 is 10.6 Å². The van der Waals surface area contributed by atoms with Crippen LogP contribution in [0.1, 0.15) is 30.1 Å². The van der Waals surface area contributed by atoms with Gasteiger partial charge in [0.15, 0.2) is 0 Å². The molecule has 1 aromatic carbocycles. The number of anilines is 1. The molecular formula is C17H21N3. The van der Waals surface area contributed by atoms with Crippen molar-refractivity contribution in [2.75, 3.05) is 18.0 Å². The summed E-state index contributed by atoms with van der Waals surface area (Å²) in [6.45, 7) is 2.08. The minimum atomic E-state index is 0.172. The molecule has 0 radical (unpaired) electrons. The van der Waals surface area contributed by atoms with E-state index in [0.29, 0.717) is 0 Å². The molecule has 0 spiro atoms. The van der Waals surface area contributed by atoms with E-state index in [9.17, 15) is 0 Å². The van der Waals surface area contributed by atoms with E-state index in [1.807, 2.05) is 12.3 Å². The van der Waals surface area contributed by atoms with Crippen LogP contribution in [0.2, 0.25) is 0 Å². The highest BCUT2D eigenvalue weighted by molar-refractivity contribution is 5.55. The number of hydrogen-bond acceptors (Lipinski definition) is 3. The van der Waals surface area contributed by atoms with Crippen molar-refractivity contribution in [3.05, 3.63) is 59.9 Å². The van der Waals surface area contributed by atoms with Crippen molar-refractivity contribution in [3.63, 3.8) is 0 Å². The Labute approximate surface area is 120 Å². The predicted molar refractivity (Wildman–Crippen MR) is 82.8 cm³/mol. The molecule has 1 aromatic heterocycles. The molecule has 1 atom stereocenters. The zero-order valence-corrected chi connectivity index (χ0v) is 11.7. The van der Waals surface area contributed by atoms with Crippen LogP contribution in [0.25, 0.3) is 0 Å². The summed E-state index contributed by atoms with van der Waals surface area (Å²) >= 11 is 0. The lowest BCUT2D eigenvalue weighted by Crippen LogP contribution is -2.27. The first-order valence-corrected chi connectivity index (χ1v) is 7.34. The fourth-order valence-electron chi connectivity index (χ4n) is 2.89. The first-order valence-electron chi connectivity index (χ1n) is 7.34.